The fraction of sp³-hybridized carbons (Fsp3) is 0.938. The Morgan fingerprint density at radius 2 is 1.75 bits per heavy atom. The van der Waals surface area contributed by atoms with E-state index in [4.69, 9.17) is 0 Å². The number of hydrogen-bond acceptors (Lipinski definition) is 3. The molecule has 1 fully saturated rings. The Morgan fingerprint density at radius 1 is 1.15 bits per heavy atom. The SMILES string of the molecule is CC(C)NCC1CCN(CC(=O)NC(C)C(C)C)CC1. The van der Waals surface area contributed by atoms with Crippen molar-refractivity contribution >= 4 is 5.91 Å². The molecule has 4 nitrogen and oxygen atoms in total. The fourth-order valence-corrected chi connectivity index (χ4v) is 2.42. The minimum absolute atomic E-state index is 0.171. The van der Waals surface area contributed by atoms with Gasteiger partial charge in [0, 0.05) is 12.1 Å². The van der Waals surface area contributed by atoms with E-state index in [1.807, 2.05) is 0 Å². The van der Waals surface area contributed by atoms with Gasteiger partial charge >= 0.3 is 0 Å². The van der Waals surface area contributed by atoms with Gasteiger partial charge in [0.05, 0.1) is 6.54 Å². The molecule has 1 saturated heterocycles. The predicted octanol–water partition coefficient (Wildman–Crippen LogP) is 1.86. The Balaban J connectivity index is 2.20. The summed E-state index contributed by atoms with van der Waals surface area (Å²) in [6.45, 7) is 14.5. The Hall–Kier alpha value is -0.610. The van der Waals surface area contributed by atoms with Gasteiger partial charge in [-0.2, -0.15) is 0 Å². The summed E-state index contributed by atoms with van der Waals surface area (Å²) in [7, 11) is 0. The molecule has 0 spiro atoms. The molecule has 1 amide bonds. The number of hydrogen-bond donors (Lipinski definition) is 2. The number of piperidine rings is 1. The number of amides is 1. The quantitative estimate of drug-likeness (QED) is 0.749. The van der Waals surface area contributed by atoms with Crippen molar-refractivity contribution in [2.75, 3.05) is 26.2 Å². The first kappa shape index (κ1) is 17.4. The van der Waals surface area contributed by atoms with E-state index in [1.165, 1.54) is 12.8 Å². The van der Waals surface area contributed by atoms with Crippen LogP contribution in [0.5, 0.6) is 0 Å². The van der Waals surface area contributed by atoms with Gasteiger partial charge in [0.2, 0.25) is 5.91 Å². The average Bonchev–Trinajstić information content (AvgIpc) is 2.37. The van der Waals surface area contributed by atoms with Gasteiger partial charge in [0.1, 0.15) is 0 Å². The molecular weight excluding hydrogens is 250 g/mol. The van der Waals surface area contributed by atoms with Crippen LogP contribution in [0.25, 0.3) is 0 Å². The zero-order valence-corrected chi connectivity index (χ0v) is 13.9. The van der Waals surface area contributed by atoms with Crippen molar-refractivity contribution in [3.63, 3.8) is 0 Å². The van der Waals surface area contributed by atoms with Crippen molar-refractivity contribution < 1.29 is 4.79 Å². The molecule has 20 heavy (non-hydrogen) atoms. The van der Waals surface area contributed by atoms with Gasteiger partial charge in [-0.15, -0.1) is 0 Å². The van der Waals surface area contributed by atoms with Crippen LogP contribution in [0, 0.1) is 11.8 Å². The molecule has 1 atom stereocenters. The first-order chi connectivity index (χ1) is 9.38. The van der Waals surface area contributed by atoms with Crippen molar-refractivity contribution in [3.05, 3.63) is 0 Å². The van der Waals surface area contributed by atoms with E-state index in [9.17, 15) is 4.79 Å². The number of nitrogens with zero attached hydrogens (tertiary/aromatic N) is 1. The summed E-state index contributed by atoms with van der Waals surface area (Å²) < 4.78 is 0. The molecule has 1 rings (SSSR count). The summed E-state index contributed by atoms with van der Waals surface area (Å²) in [6.07, 6.45) is 2.40. The second-order valence-corrected chi connectivity index (χ2v) is 6.88. The molecule has 4 heteroatoms. The maximum Gasteiger partial charge on any atom is 0.234 e. The molecule has 1 heterocycles. The lowest BCUT2D eigenvalue weighted by molar-refractivity contribution is -0.123. The minimum Gasteiger partial charge on any atom is -0.352 e. The summed E-state index contributed by atoms with van der Waals surface area (Å²) in [5, 5.41) is 6.60. The van der Waals surface area contributed by atoms with Gasteiger partial charge in [-0.05, 0) is 51.2 Å². The molecule has 0 aliphatic carbocycles. The Labute approximate surface area is 124 Å². The van der Waals surface area contributed by atoms with Gasteiger partial charge in [-0.1, -0.05) is 27.7 Å². The molecule has 1 unspecified atom stereocenters. The largest absolute Gasteiger partial charge is 0.352 e. The first-order valence-electron chi connectivity index (χ1n) is 8.13. The highest BCUT2D eigenvalue weighted by Gasteiger charge is 2.21. The van der Waals surface area contributed by atoms with E-state index in [-0.39, 0.29) is 11.9 Å². The summed E-state index contributed by atoms with van der Waals surface area (Å²) in [5.74, 6) is 1.43. The van der Waals surface area contributed by atoms with Gasteiger partial charge in [0.25, 0.3) is 0 Å². The normalized spacial score (nSPS) is 19.6. The maximum absolute atomic E-state index is 12.0. The van der Waals surface area contributed by atoms with Gasteiger partial charge < -0.3 is 10.6 Å². The highest BCUT2D eigenvalue weighted by Crippen LogP contribution is 2.16. The van der Waals surface area contributed by atoms with Gasteiger partial charge in [-0.3, -0.25) is 9.69 Å². The highest BCUT2D eigenvalue weighted by molar-refractivity contribution is 5.78. The lowest BCUT2D eigenvalue weighted by Gasteiger charge is -2.32. The predicted molar refractivity (Wildman–Crippen MR) is 84.7 cm³/mol. The van der Waals surface area contributed by atoms with Crippen LogP contribution in [-0.4, -0.2) is 49.1 Å². The Morgan fingerprint density at radius 3 is 2.25 bits per heavy atom. The Bertz CT molecular complexity index is 283. The number of carbonyl (C=O) groups excluding carboxylic acids is 1. The summed E-state index contributed by atoms with van der Waals surface area (Å²) in [5.41, 5.74) is 0. The van der Waals surface area contributed by atoms with Crippen LogP contribution in [0.3, 0.4) is 0 Å². The Kier molecular flexibility index (Phi) is 7.52. The number of nitrogens with one attached hydrogen (secondary N) is 2. The standard InChI is InChI=1S/C16H33N3O/c1-12(2)14(5)18-16(20)11-19-8-6-15(7-9-19)10-17-13(3)4/h12-15,17H,6-11H2,1-5H3,(H,18,20). The third-order valence-corrected chi connectivity index (χ3v) is 4.28. The smallest absolute Gasteiger partial charge is 0.234 e. The summed E-state index contributed by atoms with van der Waals surface area (Å²) in [6, 6.07) is 0.826. The van der Waals surface area contributed by atoms with Crippen molar-refractivity contribution in [2.45, 2.75) is 59.5 Å². The minimum atomic E-state index is 0.171. The molecule has 118 valence electrons. The van der Waals surface area contributed by atoms with Gasteiger partial charge in [-0.25, -0.2) is 0 Å². The van der Waals surface area contributed by atoms with Crippen LogP contribution in [-0.2, 0) is 4.79 Å². The molecule has 1 aliphatic rings. The zero-order valence-electron chi connectivity index (χ0n) is 13.9. The topological polar surface area (TPSA) is 44.4 Å². The van der Waals surface area contributed by atoms with Gasteiger partial charge in [0.15, 0.2) is 0 Å². The van der Waals surface area contributed by atoms with Crippen LogP contribution in [0.2, 0.25) is 0 Å². The summed E-state index contributed by atoms with van der Waals surface area (Å²) in [4.78, 5) is 14.2. The van der Waals surface area contributed by atoms with Crippen molar-refractivity contribution in [1.29, 1.82) is 0 Å². The molecule has 0 radical (unpaired) electrons. The van der Waals surface area contributed by atoms with Crippen LogP contribution in [0.1, 0.15) is 47.5 Å². The number of carbonyl (C=O) groups is 1. The van der Waals surface area contributed by atoms with E-state index >= 15 is 0 Å². The number of rotatable bonds is 7. The second-order valence-electron chi connectivity index (χ2n) is 6.88. The first-order valence-corrected chi connectivity index (χ1v) is 8.13. The average molecular weight is 283 g/mol. The van der Waals surface area contributed by atoms with E-state index in [2.05, 4.69) is 50.2 Å². The lowest BCUT2D eigenvalue weighted by Crippen LogP contribution is -2.46. The zero-order chi connectivity index (χ0) is 15.1. The van der Waals surface area contributed by atoms with Crippen LogP contribution < -0.4 is 10.6 Å². The second kappa shape index (κ2) is 8.63. The molecule has 0 aromatic rings. The maximum atomic E-state index is 12.0. The molecule has 0 bridgehead atoms. The van der Waals surface area contributed by atoms with Crippen LogP contribution in [0.15, 0.2) is 0 Å². The fourth-order valence-electron chi connectivity index (χ4n) is 2.42. The van der Waals surface area contributed by atoms with Crippen molar-refractivity contribution in [1.82, 2.24) is 15.5 Å². The van der Waals surface area contributed by atoms with E-state index in [0.29, 0.717) is 18.5 Å². The molecule has 0 aromatic carbocycles. The number of likely N-dealkylation sites (tertiary alicyclic amines) is 1. The third-order valence-electron chi connectivity index (χ3n) is 4.28. The van der Waals surface area contributed by atoms with Crippen molar-refractivity contribution in [2.24, 2.45) is 11.8 Å². The molecule has 0 aromatic heterocycles. The van der Waals surface area contributed by atoms with Crippen LogP contribution in [0.4, 0.5) is 0 Å². The molecule has 2 N–H and O–H groups in total. The van der Waals surface area contributed by atoms with Crippen LogP contribution >= 0.6 is 0 Å². The summed E-state index contributed by atoms with van der Waals surface area (Å²) >= 11 is 0. The van der Waals surface area contributed by atoms with Crippen molar-refractivity contribution in [3.8, 4) is 0 Å². The van der Waals surface area contributed by atoms with E-state index in [0.717, 1.165) is 25.6 Å². The molecular formula is C16H33N3O. The lowest BCUT2D eigenvalue weighted by atomic mass is 9.96. The monoisotopic (exact) mass is 283 g/mol. The van der Waals surface area contributed by atoms with E-state index < -0.39 is 0 Å². The van der Waals surface area contributed by atoms with E-state index in [1.54, 1.807) is 0 Å². The third kappa shape index (κ3) is 6.71. The highest BCUT2D eigenvalue weighted by atomic mass is 16.2. The molecule has 1 aliphatic heterocycles. The molecule has 0 saturated carbocycles.